The molecule has 1 spiro atoms. The number of nitrogens with one attached hydrogen (secondary N) is 2. The topological polar surface area (TPSA) is 83.5 Å². The van der Waals surface area contributed by atoms with Crippen molar-refractivity contribution in [1.29, 1.82) is 0 Å². The van der Waals surface area contributed by atoms with Crippen molar-refractivity contribution < 1.29 is 32.2 Å². The summed E-state index contributed by atoms with van der Waals surface area (Å²) < 4.78 is 59.2. The van der Waals surface area contributed by atoms with Crippen LogP contribution in [0.5, 0.6) is 5.88 Å². The van der Waals surface area contributed by atoms with Gasteiger partial charge in [-0.15, -0.1) is 0 Å². The molecular weight excluding hydrogens is 490 g/mol. The molecule has 202 valence electrons. The summed E-state index contributed by atoms with van der Waals surface area (Å²) >= 11 is 0. The summed E-state index contributed by atoms with van der Waals surface area (Å²) in [6.45, 7) is 2.60. The SMILES string of the molecule is CC(=O)N[C@@H](Cc1cccc(F)c1)[C@H](O)CN[C@H]1CC2(CCC2)Oc2ncc(C[C@@H](C)C(F)(F)F)cc21. The van der Waals surface area contributed by atoms with E-state index in [2.05, 4.69) is 15.6 Å². The summed E-state index contributed by atoms with van der Waals surface area (Å²) in [4.78, 5) is 16.2. The van der Waals surface area contributed by atoms with E-state index in [1.165, 1.54) is 25.3 Å². The molecule has 4 atom stereocenters. The van der Waals surface area contributed by atoms with Crippen LogP contribution in [0.25, 0.3) is 0 Å². The molecule has 2 aromatic rings. The quantitative estimate of drug-likeness (QED) is 0.425. The van der Waals surface area contributed by atoms with E-state index in [1.54, 1.807) is 18.2 Å². The lowest BCUT2D eigenvalue weighted by atomic mass is 9.73. The molecule has 1 aromatic carbocycles. The molecule has 4 rings (SSSR count). The number of hydrogen-bond donors (Lipinski definition) is 3. The van der Waals surface area contributed by atoms with Gasteiger partial charge in [0.15, 0.2) is 0 Å². The van der Waals surface area contributed by atoms with Crippen LogP contribution in [0.15, 0.2) is 36.5 Å². The summed E-state index contributed by atoms with van der Waals surface area (Å²) in [5, 5.41) is 17.1. The number of nitrogens with zero attached hydrogens (tertiary/aromatic N) is 1. The lowest BCUT2D eigenvalue weighted by Gasteiger charge is -2.47. The lowest BCUT2D eigenvalue weighted by molar-refractivity contribution is -0.169. The van der Waals surface area contributed by atoms with Gasteiger partial charge in [0, 0.05) is 37.7 Å². The van der Waals surface area contributed by atoms with Gasteiger partial charge in [-0.25, -0.2) is 9.37 Å². The van der Waals surface area contributed by atoms with E-state index >= 15 is 0 Å². The number of amides is 1. The molecule has 0 unspecified atom stereocenters. The Labute approximate surface area is 213 Å². The number of rotatable bonds is 9. The van der Waals surface area contributed by atoms with Crippen LogP contribution in [0.3, 0.4) is 0 Å². The Morgan fingerprint density at radius 1 is 1.24 bits per heavy atom. The molecule has 2 heterocycles. The molecule has 1 aliphatic heterocycles. The maximum atomic E-state index is 13.7. The number of ether oxygens (including phenoxy) is 1. The van der Waals surface area contributed by atoms with Gasteiger partial charge in [0.1, 0.15) is 11.4 Å². The van der Waals surface area contributed by atoms with Crippen LogP contribution in [-0.2, 0) is 17.6 Å². The molecule has 0 radical (unpaired) electrons. The third-order valence-corrected chi connectivity index (χ3v) is 7.34. The molecule has 6 nitrogen and oxygen atoms in total. The first kappa shape index (κ1) is 27.3. The van der Waals surface area contributed by atoms with Crippen molar-refractivity contribution in [1.82, 2.24) is 15.6 Å². The van der Waals surface area contributed by atoms with E-state index in [1.807, 2.05) is 0 Å². The van der Waals surface area contributed by atoms with Crippen molar-refractivity contribution in [2.45, 2.75) is 82.3 Å². The van der Waals surface area contributed by atoms with Gasteiger partial charge in [-0.05, 0) is 61.4 Å². The Hall–Kier alpha value is -2.72. The highest BCUT2D eigenvalue weighted by Gasteiger charge is 2.46. The first-order valence-electron chi connectivity index (χ1n) is 12.6. The average molecular weight is 524 g/mol. The minimum atomic E-state index is -4.30. The molecule has 1 saturated carbocycles. The second-order valence-electron chi connectivity index (χ2n) is 10.4. The Morgan fingerprint density at radius 2 is 2.00 bits per heavy atom. The first-order chi connectivity index (χ1) is 17.4. The van der Waals surface area contributed by atoms with Crippen LogP contribution in [-0.4, -0.2) is 46.5 Å². The summed E-state index contributed by atoms with van der Waals surface area (Å²) in [6, 6.07) is 6.73. The zero-order valence-electron chi connectivity index (χ0n) is 20.9. The van der Waals surface area contributed by atoms with E-state index in [0.29, 0.717) is 29.0 Å². The number of aliphatic hydroxyl groups excluding tert-OH is 1. The molecule has 1 aliphatic carbocycles. The number of alkyl halides is 3. The molecule has 2 aliphatic rings. The van der Waals surface area contributed by atoms with Gasteiger partial charge in [-0.2, -0.15) is 13.2 Å². The third-order valence-electron chi connectivity index (χ3n) is 7.34. The van der Waals surface area contributed by atoms with Crippen molar-refractivity contribution in [2.75, 3.05) is 6.54 Å². The molecule has 1 aromatic heterocycles. The summed E-state index contributed by atoms with van der Waals surface area (Å²) in [5.41, 5.74) is 1.39. The predicted molar refractivity (Wildman–Crippen MR) is 129 cm³/mol. The van der Waals surface area contributed by atoms with E-state index in [9.17, 15) is 27.5 Å². The number of hydrogen-bond acceptors (Lipinski definition) is 5. The second kappa shape index (κ2) is 10.9. The average Bonchev–Trinajstić information content (AvgIpc) is 2.80. The Bertz CT molecular complexity index is 1110. The van der Waals surface area contributed by atoms with Gasteiger partial charge in [-0.1, -0.05) is 19.1 Å². The van der Waals surface area contributed by atoms with Crippen LogP contribution >= 0.6 is 0 Å². The van der Waals surface area contributed by atoms with Crippen molar-refractivity contribution in [3.8, 4) is 5.88 Å². The highest BCUT2D eigenvalue weighted by atomic mass is 19.4. The number of carbonyl (C=O) groups excluding carboxylic acids is 1. The maximum Gasteiger partial charge on any atom is 0.391 e. The third kappa shape index (κ3) is 6.78. The molecular formula is C27H33F4N3O3. The lowest BCUT2D eigenvalue weighted by Crippen LogP contribution is -2.52. The van der Waals surface area contributed by atoms with E-state index in [0.717, 1.165) is 26.2 Å². The molecule has 1 amide bonds. The highest BCUT2D eigenvalue weighted by molar-refractivity contribution is 5.73. The number of aliphatic hydroxyl groups is 1. The van der Waals surface area contributed by atoms with Crippen molar-refractivity contribution in [2.24, 2.45) is 5.92 Å². The van der Waals surface area contributed by atoms with E-state index < -0.39 is 30.1 Å². The molecule has 0 bridgehead atoms. The number of benzene rings is 1. The summed E-state index contributed by atoms with van der Waals surface area (Å²) in [6.07, 6.45) is -0.493. The number of pyridine rings is 1. The normalized spacial score (nSPS) is 20.8. The predicted octanol–water partition coefficient (Wildman–Crippen LogP) is 4.41. The first-order valence-corrected chi connectivity index (χ1v) is 12.6. The second-order valence-corrected chi connectivity index (χ2v) is 10.4. The number of fused-ring (bicyclic) bond motifs is 1. The Kier molecular flexibility index (Phi) is 8.08. The largest absolute Gasteiger partial charge is 0.471 e. The van der Waals surface area contributed by atoms with E-state index in [4.69, 9.17) is 4.74 Å². The number of aromatic nitrogens is 1. The molecule has 3 N–H and O–H groups in total. The molecule has 0 saturated heterocycles. The van der Waals surface area contributed by atoms with E-state index in [-0.39, 0.29) is 36.9 Å². The number of carbonyl (C=O) groups is 1. The standard InChI is InChI=1S/C27H33F4N3O3/c1-16(27(29,30)31)9-19-11-21-23(13-26(7-4-8-26)37-25(21)33-14-19)32-15-24(36)22(34-17(2)35)12-18-5-3-6-20(28)10-18/h3,5-6,10-11,14,16,22-24,32,36H,4,7-9,12-13,15H2,1-2H3,(H,34,35)/t16-,22+,23+,24-/m1/s1. The highest BCUT2D eigenvalue weighted by Crippen LogP contribution is 2.48. The van der Waals surface area contributed by atoms with Crippen LogP contribution in [0.2, 0.25) is 0 Å². The smallest absolute Gasteiger partial charge is 0.391 e. The van der Waals surface area contributed by atoms with Crippen molar-refractivity contribution in [3.63, 3.8) is 0 Å². The van der Waals surface area contributed by atoms with Crippen LogP contribution in [0.1, 0.15) is 62.3 Å². The van der Waals surface area contributed by atoms with Crippen molar-refractivity contribution >= 4 is 5.91 Å². The molecule has 10 heteroatoms. The molecule has 1 fully saturated rings. The summed E-state index contributed by atoms with van der Waals surface area (Å²) in [5.74, 6) is -1.83. The minimum Gasteiger partial charge on any atom is -0.471 e. The zero-order valence-corrected chi connectivity index (χ0v) is 20.9. The molecule has 37 heavy (non-hydrogen) atoms. The monoisotopic (exact) mass is 523 g/mol. The van der Waals surface area contributed by atoms with Gasteiger partial charge in [0.2, 0.25) is 11.8 Å². The van der Waals surface area contributed by atoms with Gasteiger partial charge in [0.25, 0.3) is 0 Å². The Balaban J connectivity index is 1.50. The fourth-order valence-corrected chi connectivity index (χ4v) is 5.09. The van der Waals surface area contributed by atoms with Gasteiger partial charge in [-0.3, -0.25) is 4.79 Å². The van der Waals surface area contributed by atoms with Crippen molar-refractivity contribution in [3.05, 3.63) is 59.0 Å². The van der Waals surface area contributed by atoms with Gasteiger partial charge < -0.3 is 20.5 Å². The van der Waals surface area contributed by atoms with Gasteiger partial charge in [0.05, 0.1) is 18.1 Å². The number of halogens is 4. The van der Waals surface area contributed by atoms with Crippen LogP contribution in [0, 0.1) is 11.7 Å². The maximum absolute atomic E-state index is 13.7. The summed E-state index contributed by atoms with van der Waals surface area (Å²) in [7, 11) is 0. The minimum absolute atomic E-state index is 0.101. The Morgan fingerprint density at radius 3 is 2.62 bits per heavy atom. The van der Waals surface area contributed by atoms with Crippen LogP contribution in [0.4, 0.5) is 17.6 Å². The van der Waals surface area contributed by atoms with Gasteiger partial charge >= 0.3 is 6.18 Å². The fraction of sp³-hybridized carbons (Fsp3) is 0.556. The van der Waals surface area contributed by atoms with Crippen LogP contribution < -0.4 is 15.4 Å². The fourth-order valence-electron chi connectivity index (χ4n) is 5.09. The zero-order chi connectivity index (χ0) is 26.8.